The summed E-state index contributed by atoms with van der Waals surface area (Å²) < 4.78 is 0. The van der Waals surface area contributed by atoms with Gasteiger partial charge in [-0.15, -0.1) is 11.3 Å². The zero-order valence-electron chi connectivity index (χ0n) is 15.6. The molecule has 0 fully saturated rings. The number of carbonyl (C=O) groups is 2. The maximum Gasteiger partial charge on any atom is 0.323 e. The molecular formula is C22H21N3O2S. The zero-order chi connectivity index (χ0) is 19.5. The topological polar surface area (TPSA) is 61.4 Å². The number of benzene rings is 2. The highest BCUT2D eigenvalue weighted by Crippen LogP contribution is 2.25. The van der Waals surface area contributed by atoms with Crippen LogP contribution in [-0.2, 0) is 13.0 Å². The van der Waals surface area contributed by atoms with Crippen molar-refractivity contribution in [2.24, 2.45) is 0 Å². The molecule has 4 rings (SSSR count). The van der Waals surface area contributed by atoms with Gasteiger partial charge in [-0.3, -0.25) is 4.79 Å². The minimum Gasteiger partial charge on any atom is -0.333 e. The summed E-state index contributed by atoms with van der Waals surface area (Å²) in [5.41, 5.74) is 4.80. The lowest BCUT2D eigenvalue weighted by Gasteiger charge is -2.29. The van der Waals surface area contributed by atoms with Gasteiger partial charge in [0.2, 0.25) is 0 Å². The Morgan fingerprint density at radius 3 is 2.64 bits per heavy atom. The Morgan fingerprint density at radius 2 is 1.86 bits per heavy atom. The Hall–Kier alpha value is -3.12. The van der Waals surface area contributed by atoms with Crippen molar-refractivity contribution in [2.45, 2.75) is 19.9 Å². The van der Waals surface area contributed by atoms with Crippen molar-refractivity contribution in [3.63, 3.8) is 0 Å². The van der Waals surface area contributed by atoms with E-state index in [1.807, 2.05) is 71.8 Å². The third-order valence-corrected chi connectivity index (χ3v) is 5.75. The molecule has 0 bridgehead atoms. The number of amides is 3. The fourth-order valence-corrected chi connectivity index (χ4v) is 4.05. The molecule has 1 aliphatic heterocycles. The van der Waals surface area contributed by atoms with Gasteiger partial charge in [0.1, 0.15) is 0 Å². The molecule has 3 aromatic rings. The number of carbonyl (C=O) groups excluding carboxylic acids is 2. The van der Waals surface area contributed by atoms with E-state index in [0.29, 0.717) is 13.1 Å². The number of urea groups is 1. The second-order valence-corrected chi connectivity index (χ2v) is 7.78. The molecule has 1 aliphatic rings. The van der Waals surface area contributed by atoms with E-state index >= 15 is 0 Å². The quantitative estimate of drug-likeness (QED) is 0.667. The van der Waals surface area contributed by atoms with Crippen LogP contribution in [0.15, 0.2) is 60.0 Å². The van der Waals surface area contributed by atoms with Crippen molar-refractivity contribution in [1.29, 1.82) is 0 Å². The lowest BCUT2D eigenvalue weighted by molar-refractivity contribution is 0.0739. The summed E-state index contributed by atoms with van der Waals surface area (Å²) in [7, 11) is 0. The number of rotatable bonds is 3. The average Bonchev–Trinajstić information content (AvgIpc) is 3.23. The number of fused-ring (bicyclic) bond motifs is 1. The van der Waals surface area contributed by atoms with Crippen molar-refractivity contribution in [3.05, 3.63) is 81.5 Å². The molecule has 2 N–H and O–H groups in total. The Kier molecular flexibility index (Phi) is 5.12. The van der Waals surface area contributed by atoms with E-state index in [0.717, 1.165) is 33.8 Å². The first-order valence-electron chi connectivity index (χ1n) is 9.18. The van der Waals surface area contributed by atoms with E-state index < -0.39 is 0 Å². The lowest BCUT2D eigenvalue weighted by atomic mass is 9.99. The predicted molar refractivity (Wildman–Crippen MR) is 113 cm³/mol. The molecule has 6 heteroatoms. The lowest BCUT2D eigenvalue weighted by Crippen LogP contribution is -2.35. The summed E-state index contributed by atoms with van der Waals surface area (Å²) in [4.78, 5) is 27.6. The minimum atomic E-state index is -0.281. The predicted octanol–water partition coefficient (Wildman–Crippen LogP) is 4.90. The number of thiophene rings is 1. The molecular weight excluding hydrogens is 370 g/mol. The first kappa shape index (κ1) is 18.3. The van der Waals surface area contributed by atoms with Crippen LogP contribution < -0.4 is 10.6 Å². The molecule has 0 saturated carbocycles. The third kappa shape index (κ3) is 3.92. The maximum absolute atomic E-state index is 12.6. The monoisotopic (exact) mass is 391 g/mol. The van der Waals surface area contributed by atoms with Crippen molar-refractivity contribution < 1.29 is 9.59 Å². The van der Waals surface area contributed by atoms with Gasteiger partial charge in [-0.2, -0.15) is 0 Å². The Balaban J connectivity index is 1.45. The molecule has 2 heterocycles. The van der Waals surface area contributed by atoms with E-state index in [1.54, 1.807) is 0 Å². The molecule has 0 unspecified atom stereocenters. The fourth-order valence-electron chi connectivity index (χ4n) is 3.36. The van der Waals surface area contributed by atoms with Gasteiger partial charge in [-0.25, -0.2) is 4.79 Å². The Bertz CT molecular complexity index is 1010. The van der Waals surface area contributed by atoms with Gasteiger partial charge in [0.25, 0.3) is 5.91 Å². The number of aryl methyl sites for hydroxylation is 1. The summed E-state index contributed by atoms with van der Waals surface area (Å²) in [5.74, 6) is 0.0660. The van der Waals surface area contributed by atoms with Crippen LogP contribution in [0.2, 0.25) is 0 Å². The van der Waals surface area contributed by atoms with Gasteiger partial charge in [0.15, 0.2) is 0 Å². The second-order valence-electron chi connectivity index (χ2n) is 6.83. The highest BCUT2D eigenvalue weighted by Gasteiger charge is 2.22. The van der Waals surface area contributed by atoms with Crippen LogP contribution in [0.3, 0.4) is 0 Å². The Labute approximate surface area is 168 Å². The van der Waals surface area contributed by atoms with E-state index in [1.165, 1.54) is 16.9 Å². The largest absolute Gasteiger partial charge is 0.333 e. The van der Waals surface area contributed by atoms with Crippen molar-refractivity contribution >= 4 is 34.6 Å². The molecule has 28 heavy (non-hydrogen) atoms. The van der Waals surface area contributed by atoms with Crippen LogP contribution in [0.5, 0.6) is 0 Å². The smallest absolute Gasteiger partial charge is 0.323 e. The van der Waals surface area contributed by atoms with Crippen LogP contribution in [0.1, 0.15) is 26.4 Å². The molecule has 142 valence electrons. The van der Waals surface area contributed by atoms with E-state index in [-0.39, 0.29) is 11.9 Å². The van der Waals surface area contributed by atoms with Gasteiger partial charge >= 0.3 is 6.03 Å². The Morgan fingerprint density at radius 1 is 1.00 bits per heavy atom. The van der Waals surface area contributed by atoms with E-state index in [9.17, 15) is 9.59 Å². The SMILES string of the molecule is Cc1ccccc1NC(=O)Nc1ccc2c(c1)CN(C(=O)c1cccs1)CC2. The van der Waals surface area contributed by atoms with Gasteiger partial charge in [0.05, 0.1) is 4.88 Å². The molecule has 0 aliphatic carbocycles. The number of nitrogens with zero attached hydrogens (tertiary/aromatic N) is 1. The normalized spacial score (nSPS) is 13.0. The number of hydrogen-bond acceptors (Lipinski definition) is 3. The van der Waals surface area contributed by atoms with Crippen LogP contribution in [0.4, 0.5) is 16.2 Å². The molecule has 0 saturated heterocycles. The third-order valence-electron chi connectivity index (χ3n) is 4.89. The van der Waals surface area contributed by atoms with Crippen molar-refractivity contribution in [2.75, 3.05) is 17.2 Å². The van der Waals surface area contributed by atoms with Crippen LogP contribution >= 0.6 is 11.3 Å². The maximum atomic E-state index is 12.6. The summed E-state index contributed by atoms with van der Waals surface area (Å²) >= 11 is 1.46. The molecule has 0 spiro atoms. The van der Waals surface area contributed by atoms with Gasteiger partial charge in [0, 0.05) is 24.5 Å². The molecule has 0 atom stereocenters. The average molecular weight is 391 g/mol. The zero-order valence-corrected chi connectivity index (χ0v) is 16.4. The van der Waals surface area contributed by atoms with Crippen LogP contribution in [0, 0.1) is 6.92 Å². The number of hydrogen-bond donors (Lipinski definition) is 2. The van der Waals surface area contributed by atoms with Crippen LogP contribution in [0.25, 0.3) is 0 Å². The first-order valence-corrected chi connectivity index (χ1v) is 10.1. The summed E-state index contributed by atoms with van der Waals surface area (Å²) in [6.07, 6.45) is 0.822. The van der Waals surface area contributed by atoms with E-state index in [2.05, 4.69) is 10.6 Å². The van der Waals surface area contributed by atoms with Crippen molar-refractivity contribution in [3.8, 4) is 0 Å². The molecule has 2 aromatic carbocycles. The number of nitrogens with one attached hydrogen (secondary N) is 2. The molecule has 3 amide bonds. The summed E-state index contributed by atoms with van der Waals surface area (Å²) in [6.45, 7) is 3.22. The van der Waals surface area contributed by atoms with E-state index in [4.69, 9.17) is 0 Å². The van der Waals surface area contributed by atoms with Crippen LogP contribution in [-0.4, -0.2) is 23.4 Å². The number of para-hydroxylation sites is 1. The highest BCUT2D eigenvalue weighted by atomic mass is 32.1. The minimum absolute atomic E-state index is 0.0660. The molecule has 1 aromatic heterocycles. The standard InChI is InChI=1S/C22H21N3O2S/c1-15-5-2-3-6-19(15)24-22(27)23-18-9-8-16-10-11-25(14-17(16)13-18)21(26)20-7-4-12-28-20/h2-9,12-13H,10-11,14H2,1H3,(H2,23,24,27). The summed E-state index contributed by atoms with van der Waals surface area (Å²) in [5, 5.41) is 7.68. The second kappa shape index (κ2) is 7.86. The first-order chi connectivity index (χ1) is 13.6. The van der Waals surface area contributed by atoms with Gasteiger partial charge in [-0.05, 0) is 59.7 Å². The summed E-state index contributed by atoms with van der Waals surface area (Å²) in [6, 6.07) is 17.0. The van der Waals surface area contributed by atoms with Gasteiger partial charge in [-0.1, -0.05) is 30.3 Å². The van der Waals surface area contributed by atoms with Crippen molar-refractivity contribution in [1.82, 2.24) is 4.90 Å². The molecule has 5 nitrogen and oxygen atoms in total. The molecule has 0 radical (unpaired) electrons. The van der Waals surface area contributed by atoms with Gasteiger partial charge < -0.3 is 15.5 Å². The number of anilines is 2. The highest BCUT2D eigenvalue weighted by molar-refractivity contribution is 7.12. The fraction of sp³-hybridized carbons (Fsp3) is 0.182.